The van der Waals surface area contributed by atoms with Crippen molar-refractivity contribution >= 4 is 16.8 Å². The zero-order valence-corrected chi connectivity index (χ0v) is 14.6. The van der Waals surface area contributed by atoms with Crippen LogP contribution in [0.15, 0.2) is 53.3 Å². The van der Waals surface area contributed by atoms with E-state index in [2.05, 4.69) is 16.4 Å². The quantitative estimate of drug-likeness (QED) is 0.715. The van der Waals surface area contributed by atoms with Crippen molar-refractivity contribution in [1.82, 2.24) is 10.3 Å². The molecule has 2 N–H and O–H groups in total. The maximum Gasteiger partial charge on any atom is 0.251 e. The Bertz CT molecular complexity index is 995. The summed E-state index contributed by atoms with van der Waals surface area (Å²) in [5.41, 5.74) is 3.09. The molecule has 4 nitrogen and oxygen atoms in total. The maximum absolute atomic E-state index is 13.2. The summed E-state index contributed by atoms with van der Waals surface area (Å²) in [4.78, 5) is 26.8. The Labute approximate surface area is 151 Å². The van der Waals surface area contributed by atoms with Crippen LogP contribution in [-0.4, -0.2) is 17.4 Å². The maximum atomic E-state index is 13.2. The van der Waals surface area contributed by atoms with E-state index in [9.17, 15) is 14.0 Å². The van der Waals surface area contributed by atoms with E-state index < -0.39 is 5.82 Å². The second-order valence-electron chi connectivity index (χ2n) is 6.44. The van der Waals surface area contributed by atoms with Crippen molar-refractivity contribution in [3.8, 4) is 0 Å². The number of pyridine rings is 1. The molecule has 2 aromatic carbocycles. The lowest BCUT2D eigenvalue weighted by Crippen LogP contribution is -2.26. The standard InChI is InChI=1S/C21H21FN2O2/c1-14-3-2-4-15(11-14)9-10-23-20(25)8-6-17-12-16-5-7-18(22)13-19(16)24-21(17)26/h2-5,7,11-13H,6,8-10H2,1H3,(H,23,25)(H,24,26). The second-order valence-corrected chi connectivity index (χ2v) is 6.44. The van der Waals surface area contributed by atoms with Gasteiger partial charge in [-0.2, -0.15) is 0 Å². The van der Waals surface area contributed by atoms with Gasteiger partial charge in [-0.3, -0.25) is 9.59 Å². The number of rotatable bonds is 6. The predicted molar refractivity (Wildman–Crippen MR) is 101 cm³/mol. The lowest BCUT2D eigenvalue weighted by molar-refractivity contribution is -0.121. The highest BCUT2D eigenvalue weighted by molar-refractivity contribution is 5.79. The minimum absolute atomic E-state index is 0.0868. The van der Waals surface area contributed by atoms with Crippen LogP contribution in [0.4, 0.5) is 4.39 Å². The zero-order chi connectivity index (χ0) is 18.5. The van der Waals surface area contributed by atoms with Gasteiger partial charge in [0.2, 0.25) is 5.91 Å². The molecule has 1 aromatic heterocycles. The van der Waals surface area contributed by atoms with Gasteiger partial charge in [-0.05, 0) is 55.0 Å². The number of aryl methyl sites for hydroxylation is 2. The molecule has 3 aromatic rings. The van der Waals surface area contributed by atoms with Crippen LogP contribution < -0.4 is 10.9 Å². The highest BCUT2D eigenvalue weighted by Crippen LogP contribution is 2.13. The van der Waals surface area contributed by atoms with Crippen molar-refractivity contribution in [2.45, 2.75) is 26.2 Å². The number of hydrogen-bond acceptors (Lipinski definition) is 2. The van der Waals surface area contributed by atoms with Gasteiger partial charge in [-0.1, -0.05) is 29.8 Å². The van der Waals surface area contributed by atoms with Gasteiger partial charge in [0.15, 0.2) is 0 Å². The van der Waals surface area contributed by atoms with E-state index in [0.717, 1.165) is 11.8 Å². The number of nitrogens with one attached hydrogen (secondary N) is 2. The number of carbonyl (C=O) groups is 1. The molecule has 0 fully saturated rings. The smallest absolute Gasteiger partial charge is 0.251 e. The third-order valence-corrected chi connectivity index (χ3v) is 4.32. The van der Waals surface area contributed by atoms with Crippen LogP contribution in [0.5, 0.6) is 0 Å². The van der Waals surface area contributed by atoms with Crippen molar-refractivity contribution in [2.24, 2.45) is 0 Å². The average molecular weight is 352 g/mol. The van der Waals surface area contributed by atoms with Gasteiger partial charge in [0.05, 0.1) is 5.52 Å². The first kappa shape index (κ1) is 17.9. The molecule has 26 heavy (non-hydrogen) atoms. The van der Waals surface area contributed by atoms with Gasteiger partial charge in [0.25, 0.3) is 5.56 Å². The zero-order valence-electron chi connectivity index (χ0n) is 14.6. The summed E-state index contributed by atoms with van der Waals surface area (Å²) in [6.45, 7) is 2.60. The Morgan fingerprint density at radius 1 is 1.12 bits per heavy atom. The molecule has 0 unspecified atom stereocenters. The van der Waals surface area contributed by atoms with Gasteiger partial charge in [0, 0.05) is 18.5 Å². The van der Waals surface area contributed by atoms with Crippen LogP contribution in [0, 0.1) is 12.7 Å². The van der Waals surface area contributed by atoms with Crippen LogP contribution in [0.2, 0.25) is 0 Å². The normalized spacial score (nSPS) is 10.8. The minimum atomic E-state index is -0.395. The third kappa shape index (κ3) is 4.57. The van der Waals surface area contributed by atoms with E-state index in [1.165, 1.54) is 23.3 Å². The number of amides is 1. The van der Waals surface area contributed by atoms with E-state index >= 15 is 0 Å². The molecule has 0 bridgehead atoms. The van der Waals surface area contributed by atoms with Gasteiger partial charge in [-0.25, -0.2) is 4.39 Å². The molecule has 0 aliphatic rings. The van der Waals surface area contributed by atoms with Gasteiger partial charge < -0.3 is 10.3 Å². The Balaban J connectivity index is 1.54. The molecule has 3 rings (SSSR count). The molecule has 134 valence electrons. The van der Waals surface area contributed by atoms with E-state index in [0.29, 0.717) is 24.0 Å². The summed E-state index contributed by atoms with van der Waals surface area (Å²) < 4.78 is 13.2. The van der Waals surface area contributed by atoms with Gasteiger partial charge in [0.1, 0.15) is 5.82 Å². The molecule has 0 radical (unpaired) electrons. The topological polar surface area (TPSA) is 62.0 Å². The number of carbonyl (C=O) groups excluding carboxylic acids is 1. The fraction of sp³-hybridized carbons (Fsp3) is 0.238. The number of benzene rings is 2. The molecule has 0 saturated heterocycles. The molecular weight excluding hydrogens is 331 g/mol. The molecule has 5 heteroatoms. The molecular formula is C21H21FN2O2. The van der Waals surface area contributed by atoms with Crippen molar-refractivity contribution < 1.29 is 9.18 Å². The lowest BCUT2D eigenvalue weighted by Gasteiger charge is -2.07. The number of halogens is 1. The number of H-pyrrole nitrogens is 1. The SMILES string of the molecule is Cc1cccc(CCNC(=O)CCc2cc3ccc(F)cc3[nH]c2=O)c1. The first-order chi connectivity index (χ1) is 12.5. The van der Waals surface area contributed by atoms with Crippen LogP contribution in [0.3, 0.4) is 0 Å². The molecule has 1 heterocycles. The number of fused-ring (bicyclic) bond motifs is 1. The highest BCUT2D eigenvalue weighted by atomic mass is 19.1. The number of hydrogen-bond donors (Lipinski definition) is 2. The van der Waals surface area contributed by atoms with Crippen LogP contribution >= 0.6 is 0 Å². The lowest BCUT2D eigenvalue weighted by atomic mass is 10.1. The van der Waals surface area contributed by atoms with Gasteiger partial charge in [-0.15, -0.1) is 0 Å². The molecule has 0 atom stereocenters. The molecule has 0 saturated carbocycles. The Kier molecular flexibility index (Phi) is 5.46. The average Bonchev–Trinajstić information content (AvgIpc) is 2.60. The van der Waals surface area contributed by atoms with Crippen molar-refractivity contribution in [2.75, 3.05) is 6.54 Å². The molecule has 0 spiro atoms. The third-order valence-electron chi connectivity index (χ3n) is 4.32. The summed E-state index contributed by atoms with van der Waals surface area (Å²) in [7, 11) is 0. The van der Waals surface area contributed by atoms with Crippen LogP contribution in [0.25, 0.3) is 10.9 Å². The summed E-state index contributed by atoms with van der Waals surface area (Å²) in [6.07, 6.45) is 1.36. The minimum Gasteiger partial charge on any atom is -0.356 e. The highest BCUT2D eigenvalue weighted by Gasteiger charge is 2.07. The molecule has 0 aliphatic heterocycles. The summed E-state index contributed by atoms with van der Waals surface area (Å²) in [5, 5.41) is 3.63. The van der Waals surface area contributed by atoms with Crippen LogP contribution in [-0.2, 0) is 17.6 Å². The summed E-state index contributed by atoms with van der Waals surface area (Å²) in [6, 6.07) is 14.2. The van der Waals surface area contributed by atoms with Gasteiger partial charge >= 0.3 is 0 Å². The Morgan fingerprint density at radius 3 is 2.77 bits per heavy atom. The van der Waals surface area contributed by atoms with Crippen molar-refractivity contribution in [3.05, 3.63) is 81.4 Å². The number of aromatic amines is 1. The van der Waals surface area contributed by atoms with E-state index in [-0.39, 0.29) is 17.9 Å². The second kappa shape index (κ2) is 7.95. The first-order valence-electron chi connectivity index (χ1n) is 8.65. The fourth-order valence-electron chi connectivity index (χ4n) is 2.95. The summed E-state index contributed by atoms with van der Waals surface area (Å²) in [5.74, 6) is -0.481. The van der Waals surface area contributed by atoms with E-state index in [1.807, 2.05) is 25.1 Å². The van der Waals surface area contributed by atoms with Crippen molar-refractivity contribution in [3.63, 3.8) is 0 Å². The fourth-order valence-corrected chi connectivity index (χ4v) is 2.95. The largest absolute Gasteiger partial charge is 0.356 e. The van der Waals surface area contributed by atoms with Crippen molar-refractivity contribution in [1.29, 1.82) is 0 Å². The predicted octanol–water partition coefficient (Wildman–Crippen LogP) is 3.27. The molecule has 0 aliphatic carbocycles. The van der Waals surface area contributed by atoms with Crippen LogP contribution in [0.1, 0.15) is 23.1 Å². The first-order valence-corrected chi connectivity index (χ1v) is 8.65. The Hall–Kier alpha value is -2.95. The summed E-state index contributed by atoms with van der Waals surface area (Å²) >= 11 is 0. The van der Waals surface area contributed by atoms with E-state index in [1.54, 1.807) is 12.1 Å². The van der Waals surface area contributed by atoms with E-state index in [4.69, 9.17) is 0 Å². The molecule has 1 amide bonds. The number of aromatic nitrogens is 1. The monoisotopic (exact) mass is 352 g/mol. The Morgan fingerprint density at radius 2 is 1.96 bits per heavy atom.